The van der Waals surface area contributed by atoms with Gasteiger partial charge in [0.15, 0.2) is 5.82 Å². The highest BCUT2D eigenvalue weighted by molar-refractivity contribution is 5.79. The highest BCUT2D eigenvalue weighted by Gasteiger charge is 2.48. The number of rotatable bonds is 3. The Hall–Kier alpha value is -1.72. The van der Waals surface area contributed by atoms with E-state index in [0.29, 0.717) is 5.95 Å². The van der Waals surface area contributed by atoms with E-state index in [9.17, 15) is 9.18 Å². The molecule has 1 spiro atoms. The van der Waals surface area contributed by atoms with Gasteiger partial charge in [-0.25, -0.2) is 14.4 Å². The number of carbonyl (C=O) groups excluding carboxylic acids is 1. The molecule has 2 heterocycles. The molecule has 4 rings (SSSR count). The van der Waals surface area contributed by atoms with Crippen molar-refractivity contribution in [2.75, 3.05) is 11.4 Å². The lowest BCUT2D eigenvalue weighted by atomic mass is 9.69. The number of hydrogen-bond donors (Lipinski definition) is 1. The number of piperidine rings is 1. The number of halogens is 1. The summed E-state index contributed by atoms with van der Waals surface area (Å²) in [5.74, 6) is 0.691. The predicted molar refractivity (Wildman–Crippen MR) is 89.0 cm³/mol. The van der Waals surface area contributed by atoms with Crippen LogP contribution in [0.2, 0.25) is 0 Å². The number of aromatic nitrogens is 2. The minimum atomic E-state index is -0.403. The molecule has 2 aliphatic carbocycles. The van der Waals surface area contributed by atoms with Crippen LogP contribution in [0, 0.1) is 11.7 Å². The van der Waals surface area contributed by atoms with Crippen molar-refractivity contribution in [3.63, 3.8) is 0 Å². The molecule has 6 heteroatoms. The Labute approximate surface area is 142 Å². The lowest BCUT2D eigenvalue weighted by molar-refractivity contribution is -0.125. The molecule has 0 radical (unpaired) electrons. The van der Waals surface area contributed by atoms with Crippen molar-refractivity contribution in [1.82, 2.24) is 15.3 Å². The normalized spacial score (nSPS) is 26.4. The molecular formula is C18H25FN4O. The summed E-state index contributed by atoms with van der Waals surface area (Å²) in [7, 11) is 0. The SMILES string of the molecule is O=C(NC1CCN(c2ncc(F)cn2)C2(CCC2)C1)C1CCCC1. The first kappa shape index (κ1) is 15.8. The van der Waals surface area contributed by atoms with E-state index >= 15 is 0 Å². The van der Waals surface area contributed by atoms with Gasteiger partial charge >= 0.3 is 0 Å². The molecule has 1 saturated heterocycles. The molecule has 3 aliphatic rings. The van der Waals surface area contributed by atoms with Crippen LogP contribution in [0.3, 0.4) is 0 Å². The molecule has 24 heavy (non-hydrogen) atoms. The van der Waals surface area contributed by atoms with Crippen molar-refractivity contribution in [2.45, 2.75) is 69.4 Å². The fourth-order valence-electron chi connectivity index (χ4n) is 4.64. The van der Waals surface area contributed by atoms with Gasteiger partial charge in [-0.2, -0.15) is 0 Å². The highest BCUT2D eigenvalue weighted by Crippen LogP contribution is 2.45. The smallest absolute Gasteiger partial charge is 0.225 e. The third kappa shape index (κ3) is 2.87. The Morgan fingerprint density at radius 3 is 2.50 bits per heavy atom. The molecule has 0 bridgehead atoms. The first-order valence-electron chi connectivity index (χ1n) is 9.22. The van der Waals surface area contributed by atoms with Gasteiger partial charge in [0, 0.05) is 24.0 Å². The van der Waals surface area contributed by atoms with E-state index in [4.69, 9.17) is 0 Å². The zero-order chi connectivity index (χ0) is 16.6. The average molecular weight is 332 g/mol. The first-order chi connectivity index (χ1) is 11.7. The van der Waals surface area contributed by atoms with Gasteiger partial charge in [-0.3, -0.25) is 4.79 Å². The van der Waals surface area contributed by atoms with Crippen molar-refractivity contribution in [3.8, 4) is 0 Å². The molecule has 3 fully saturated rings. The lowest BCUT2D eigenvalue weighted by Crippen LogP contribution is -2.62. The Morgan fingerprint density at radius 1 is 1.17 bits per heavy atom. The lowest BCUT2D eigenvalue weighted by Gasteiger charge is -2.55. The molecule has 1 aromatic heterocycles. The zero-order valence-corrected chi connectivity index (χ0v) is 14.0. The van der Waals surface area contributed by atoms with E-state index in [-0.39, 0.29) is 23.4 Å². The third-order valence-electron chi connectivity index (χ3n) is 6.10. The predicted octanol–water partition coefficient (Wildman–Crippen LogP) is 2.81. The molecule has 5 nitrogen and oxygen atoms in total. The maximum Gasteiger partial charge on any atom is 0.225 e. The summed E-state index contributed by atoms with van der Waals surface area (Å²) in [5.41, 5.74) is 0.0453. The minimum absolute atomic E-state index is 0.0453. The Morgan fingerprint density at radius 2 is 1.88 bits per heavy atom. The largest absolute Gasteiger partial charge is 0.353 e. The van der Waals surface area contributed by atoms with Crippen LogP contribution in [0.25, 0.3) is 0 Å². The maximum absolute atomic E-state index is 13.1. The van der Waals surface area contributed by atoms with Crippen molar-refractivity contribution in [1.29, 1.82) is 0 Å². The van der Waals surface area contributed by atoms with E-state index in [2.05, 4.69) is 20.2 Å². The van der Waals surface area contributed by atoms with Crippen LogP contribution in [-0.4, -0.2) is 34.0 Å². The fraction of sp³-hybridized carbons (Fsp3) is 0.722. The summed E-state index contributed by atoms with van der Waals surface area (Å²) in [6.07, 6.45) is 12.2. The van der Waals surface area contributed by atoms with Gasteiger partial charge in [0.05, 0.1) is 12.4 Å². The van der Waals surface area contributed by atoms with Crippen LogP contribution in [-0.2, 0) is 4.79 Å². The summed E-state index contributed by atoms with van der Waals surface area (Å²) in [5, 5.41) is 3.30. The van der Waals surface area contributed by atoms with Gasteiger partial charge in [-0.05, 0) is 44.9 Å². The van der Waals surface area contributed by atoms with Crippen LogP contribution >= 0.6 is 0 Å². The topological polar surface area (TPSA) is 58.1 Å². The Balaban J connectivity index is 1.44. The molecule has 0 aromatic carbocycles. The molecular weight excluding hydrogens is 307 g/mol. The number of carbonyl (C=O) groups is 1. The number of anilines is 1. The molecule has 1 aromatic rings. The summed E-state index contributed by atoms with van der Waals surface area (Å²) in [6.45, 7) is 0.821. The van der Waals surface area contributed by atoms with Crippen LogP contribution in [0.4, 0.5) is 10.3 Å². The second kappa shape index (κ2) is 6.30. The minimum Gasteiger partial charge on any atom is -0.353 e. The Kier molecular flexibility index (Phi) is 4.14. The molecule has 1 atom stereocenters. The van der Waals surface area contributed by atoms with Gasteiger partial charge in [-0.15, -0.1) is 0 Å². The highest BCUT2D eigenvalue weighted by atomic mass is 19.1. The number of nitrogens with one attached hydrogen (secondary N) is 1. The first-order valence-corrected chi connectivity index (χ1v) is 9.22. The van der Waals surface area contributed by atoms with E-state index in [0.717, 1.165) is 45.1 Å². The van der Waals surface area contributed by atoms with Gasteiger partial charge in [0.2, 0.25) is 11.9 Å². The molecule has 1 aliphatic heterocycles. The summed E-state index contributed by atoms with van der Waals surface area (Å²) in [4.78, 5) is 23.0. The monoisotopic (exact) mass is 332 g/mol. The van der Waals surface area contributed by atoms with E-state index in [1.54, 1.807) is 0 Å². The second-order valence-corrected chi connectivity index (χ2v) is 7.61. The van der Waals surface area contributed by atoms with Crippen LogP contribution < -0.4 is 10.2 Å². The molecule has 2 saturated carbocycles. The quantitative estimate of drug-likeness (QED) is 0.925. The molecule has 130 valence electrons. The third-order valence-corrected chi connectivity index (χ3v) is 6.10. The van der Waals surface area contributed by atoms with Crippen molar-refractivity contribution < 1.29 is 9.18 Å². The summed E-state index contributed by atoms with van der Waals surface area (Å²) >= 11 is 0. The van der Waals surface area contributed by atoms with Crippen molar-refractivity contribution in [2.24, 2.45) is 5.92 Å². The van der Waals surface area contributed by atoms with E-state index in [1.807, 2.05) is 0 Å². The molecule has 1 unspecified atom stereocenters. The summed E-state index contributed by atoms with van der Waals surface area (Å²) in [6, 6.07) is 0.245. The van der Waals surface area contributed by atoms with Gasteiger partial charge in [0.1, 0.15) is 0 Å². The maximum atomic E-state index is 13.1. The van der Waals surface area contributed by atoms with Gasteiger partial charge in [-0.1, -0.05) is 12.8 Å². The van der Waals surface area contributed by atoms with Crippen molar-refractivity contribution >= 4 is 11.9 Å². The van der Waals surface area contributed by atoms with Crippen LogP contribution in [0.1, 0.15) is 57.8 Å². The van der Waals surface area contributed by atoms with E-state index in [1.165, 1.54) is 31.7 Å². The van der Waals surface area contributed by atoms with Crippen LogP contribution in [0.15, 0.2) is 12.4 Å². The van der Waals surface area contributed by atoms with Crippen molar-refractivity contribution in [3.05, 3.63) is 18.2 Å². The number of nitrogens with zero attached hydrogens (tertiary/aromatic N) is 3. The second-order valence-electron chi connectivity index (χ2n) is 7.61. The van der Waals surface area contributed by atoms with Gasteiger partial charge < -0.3 is 10.2 Å². The van der Waals surface area contributed by atoms with Gasteiger partial charge in [0.25, 0.3) is 0 Å². The zero-order valence-electron chi connectivity index (χ0n) is 14.0. The fourth-order valence-corrected chi connectivity index (χ4v) is 4.64. The van der Waals surface area contributed by atoms with Crippen LogP contribution in [0.5, 0.6) is 0 Å². The number of amides is 1. The molecule has 1 N–H and O–H groups in total. The average Bonchev–Trinajstić information content (AvgIpc) is 3.09. The number of hydrogen-bond acceptors (Lipinski definition) is 4. The molecule has 1 amide bonds. The standard InChI is InChI=1S/C18H25FN4O/c19-14-11-20-17(21-12-14)23-9-6-15(10-18(23)7-3-8-18)22-16(24)13-4-1-2-5-13/h11-13,15H,1-10H2,(H,22,24). The Bertz CT molecular complexity index is 596. The van der Waals surface area contributed by atoms with E-state index < -0.39 is 5.82 Å². The summed E-state index contributed by atoms with van der Waals surface area (Å²) < 4.78 is 13.1.